The summed E-state index contributed by atoms with van der Waals surface area (Å²) in [5.41, 5.74) is 1.07. The molecule has 0 aromatic heterocycles. The van der Waals surface area contributed by atoms with Crippen LogP contribution in [-0.4, -0.2) is 28.1 Å². The highest BCUT2D eigenvalue weighted by atomic mass is 16.4. The van der Waals surface area contributed by atoms with Crippen molar-refractivity contribution < 1.29 is 19.8 Å². The molecule has 0 heterocycles. The number of carboxylic acid groups (broad SMARTS) is 1. The molecule has 1 aromatic rings. The van der Waals surface area contributed by atoms with Crippen molar-refractivity contribution in [2.75, 3.05) is 0 Å². The van der Waals surface area contributed by atoms with E-state index in [0.717, 1.165) is 5.56 Å². The van der Waals surface area contributed by atoms with Crippen LogP contribution in [0.5, 0.6) is 5.75 Å². The zero-order valence-corrected chi connectivity index (χ0v) is 10.5. The number of carbonyl (C=O) groups is 2. The molecule has 1 aliphatic carbocycles. The van der Waals surface area contributed by atoms with Gasteiger partial charge < -0.3 is 15.5 Å². The first kappa shape index (κ1) is 13.1. The molecular formula is C14H15NO4. The molecule has 1 aliphatic rings. The lowest BCUT2D eigenvalue weighted by molar-refractivity contribution is -0.140. The van der Waals surface area contributed by atoms with Gasteiger partial charge in [-0.05, 0) is 25.5 Å². The molecule has 100 valence electrons. The molecular weight excluding hydrogens is 246 g/mol. The first-order chi connectivity index (χ1) is 8.97. The molecule has 0 saturated heterocycles. The van der Waals surface area contributed by atoms with Crippen molar-refractivity contribution >= 4 is 11.9 Å². The van der Waals surface area contributed by atoms with Crippen molar-refractivity contribution in [1.82, 2.24) is 5.32 Å². The molecule has 5 nitrogen and oxygen atoms in total. The lowest BCUT2D eigenvalue weighted by Gasteiger charge is -2.13. The summed E-state index contributed by atoms with van der Waals surface area (Å²) in [6.45, 7) is 1.83. The molecule has 2 atom stereocenters. The molecule has 19 heavy (non-hydrogen) atoms. The van der Waals surface area contributed by atoms with Crippen LogP contribution < -0.4 is 5.32 Å². The second-order valence-electron chi connectivity index (χ2n) is 4.67. The molecule has 2 unspecified atom stereocenters. The minimum atomic E-state index is -0.897. The third-order valence-corrected chi connectivity index (χ3v) is 3.11. The number of phenolic OH excluding ortho intramolecular Hbond substituents is 1. The third-order valence-electron chi connectivity index (χ3n) is 3.11. The lowest BCUT2D eigenvalue weighted by atomic mass is 10.1. The van der Waals surface area contributed by atoms with Gasteiger partial charge in [0.05, 0.1) is 11.5 Å². The van der Waals surface area contributed by atoms with Crippen LogP contribution in [0.25, 0.3) is 0 Å². The Morgan fingerprint density at radius 1 is 1.32 bits per heavy atom. The van der Waals surface area contributed by atoms with E-state index in [9.17, 15) is 14.7 Å². The van der Waals surface area contributed by atoms with Crippen LogP contribution >= 0.6 is 0 Å². The van der Waals surface area contributed by atoms with Crippen LogP contribution in [-0.2, 0) is 4.79 Å². The van der Waals surface area contributed by atoms with Gasteiger partial charge in [-0.25, -0.2) is 0 Å². The molecule has 0 fully saturated rings. The maximum atomic E-state index is 12.0. The highest BCUT2D eigenvalue weighted by molar-refractivity contribution is 5.97. The summed E-state index contributed by atoms with van der Waals surface area (Å²) in [6, 6.07) is 4.46. The molecule has 1 aromatic carbocycles. The maximum Gasteiger partial charge on any atom is 0.310 e. The second-order valence-corrected chi connectivity index (χ2v) is 4.67. The van der Waals surface area contributed by atoms with Crippen molar-refractivity contribution in [3.63, 3.8) is 0 Å². The SMILES string of the molecule is Cc1ccc(O)c(C(=O)NC2C=CC(C(=O)O)C2)c1. The van der Waals surface area contributed by atoms with Crippen molar-refractivity contribution in [3.8, 4) is 5.75 Å². The average molecular weight is 261 g/mol. The number of amides is 1. The van der Waals surface area contributed by atoms with Gasteiger partial charge in [0, 0.05) is 6.04 Å². The molecule has 0 bridgehead atoms. The molecule has 5 heteroatoms. The Hall–Kier alpha value is -2.30. The van der Waals surface area contributed by atoms with Gasteiger partial charge in [-0.2, -0.15) is 0 Å². The van der Waals surface area contributed by atoms with Crippen molar-refractivity contribution in [3.05, 3.63) is 41.5 Å². The Bertz CT molecular complexity index is 550. The van der Waals surface area contributed by atoms with E-state index in [2.05, 4.69) is 5.32 Å². The molecule has 0 spiro atoms. The number of carboxylic acids is 1. The van der Waals surface area contributed by atoms with E-state index in [4.69, 9.17) is 5.11 Å². The number of aryl methyl sites for hydroxylation is 1. The number of phenols is 1. The third kappa shape index (κ3) is 2.93. The van der Waals surface area contributed by atoms with E-state index in [0.29, 0.717) is 6.42 Å². The molecule has 0 saturated carbocycles. The molecule has 2 rings (SSSR count). The fraction of sp³-hybridized carbons (Fsp3) is 0.286. The number of hydrogen-bond donors (Lipinski definition) is 3. The van der Waals surface area contributed by atoms with Gasteiger partial charge >= 0.3 is 5.97 Å². The quantitative estimate of drug-likeness (QED) is 0.719. The van der Waals surface area contributed by atoms with Gasteiger partial charge in [-0.1, -0.05) is 23.8 Å². The van der Waals surface area contributed by atoms with Crippen LogP contribution in [0.15, 0.2) is 30.4 Å². The maximum absolute atomic E-state index is 12.0. The minimum absolute atomic E-state index is 0.0835. The predicted octanol–water partition coefficient (Wildman–Crippen LogP) is 1.46. The number of rotatable bonds is 3. The fourth-order valence-electron chi connectivity index (χ4n) is 2.07. The summed E-state index contributed by atoms with van der Waals surface area (Å²) < 4.78 is 0. The Morgan fingerprint density at radius 2 is 2.05 bits per heavy atom. The summed E-state index contributed by atoms with van der Waals surface area (Å²) in [6.07, 6.45) is 3.58. The lowest BCUT2D eigenvalue weighted by Crippen LogP contribution is -2.33. The topological polar surface area (TPSA) is 86.6 Å². The van der Waals surface area contributed by atoms with Gasteiger partial charge in [-0.3, -0.25) is 9.59 Å². The molecule has 0 radical (unpaired) electrons. The smallest absolute Gasteiger partial charge is 0.310 e. The predicted molar refractivity (Wildman–Crippen MR) is 69.0 cm³/mol. The number of aliphatic carboxylic acids is 1. The van der Waals surface area contributed by atoms with Crippen LogP contribution in [0.4, 0.5) is 0 Å². The minimum Gasteiger partial charge on any atom is -0.507 e. The Labute approximate surface area is 110 Å². The number of nitrogens with one attached hydrogen (secondary N) is 1. The van der Waals surface area contributed by atoms with E-state index in [1.165, 1.54) is 6.07 Å². The number of carbonyl (C=O) groups excluding carboxylic acids is 1. The zero-order valence-electron chi connectivity index (χ0n) is 10.5. The van der Waals surface area contributed by atoms with Crippen LogP contribution in [0.1, 0.15) is 22.3 Å². The Balaban J connectivity index is 2.05. The molecule has 3 N–H and O–H groups in total. The van der Waals surface area contributed by atoms with E-state index in [1.807, 2.05) is 6.92 Å². The zero-order chi connectivity index (χ0) is 14.0. The van der Waals surface area contributed by atoms with E-state index in [1.54, 1.807) is 24.3 Å². The van der Waals surface area contributed by atoms with Crippen molar-refractivity contribution in [2.45, 2.75) is 19.4 Å². The van der Waals surface area contributed by atoms with Crippen molar-refractivity contribution in [1.29, 1.82) is 0 Å². The highest BCUT2D eigenvalue weighted by Gasteiger charge is 2.26. The van der Waals surface area contributed by atoms with Crippen molar-refractivity contribution in [2.24, 2.45) is 5.92 Å². The normalized spacial score (nSPS) is 21.3. The highest BCUT2D eigenvalue weighted by Crippen LogP contribution is 2.21. The summed E-state index contributed by atoms with van der Waals surface area (Å²) in [5, 5.41) is 21.2. The summed E-state index contributed by atoms with van der Waals surface area (Å²) in [4.78, 5) is 22.8. The van der Waals surface area contributed by atoms with Gasteiger partial charge in [0.25, 0.3) is 5.91 Å². The van der Waals surface area contributed by atoms with Crippen LogP contribution in [0, 0.1) is 12.8 Å². The fourth-order valence-corrected chi connectivity index (χ4v) is 2.07. The first-order valence-electron chi connectivity index (χ1n) is 5.99. The van der Waals surface area contributed by atoms with Gasteiger partial charge in [0.15, 0.2) is 0 Å². The largest absolute Gasteiger partial charge is 0.507 e. The first-order valence-corrected chi connectivity index (χ1v) is 5.99. The number of hydrogen-bond acceptors (Lipinski definition) is 3. The van der Waals surface area contributed by atoms with E-state index in [-0.39, 0.29) is 17.4 Å². The van der Waals surface area contributed by atoms with Gasteiger partial charge in [-0.15, -0.1) is 0 Å². The molecule has 0 aliphatic heterocycles. The summed E-state index contributed by atoms with van der Waals surface area (Å²) >= 11 is 0. The standard InChI is InChI=1S/C14H15NO4/c1-8-2-5-12(16)11(6-8)13(17)15-10-4-3-9(7-10)14(18)19/h2-6,9-10,16H,7H2,1H3,(H,15,17)(H,18,19). The second kappa shape index (κ2) is 5.14. The van der Waals surface area contributed by atoms with Crippen LogP contribution in [0.3, 0.4) is 0 Å². The number of aromatic hydroxyl groups is 1. The van der Waals surface area contributed by atoms with E-state index < -0.39 is 17.8 Å². The van der Waals surface area contributed by atoms with Crippen LogP contribution in [0.2, 0.25) is 0 Å². The Kier molecular flexibility index (Phi) is 3.55. The van der Waals surface area contributed by atoms with Gasteiger partial charge in [0.2, 0.25) is 0 Å². The number of benzene rings is 1. The van der Waals surface area contributed by atoms with Gasteiger partial charge in [0.1, 0.15) is 5.75 Å². The average Bonchev–Trinajstić information content (AvgIpc) is 2.80. The monoisotopic (exact) mass is 261 g/mol. The Morgan fingerprint density at radius 3 is 2.68 bits per heavy atom. The molecule has 1 amide bonds. The summed E-state index contributed by atoms with van der Waals surface area (Å²) in [7, 11) is 0. The van der Waals surface area contributed by atoms with E-state index >= 15 is 0 Å². The summed E-state index contributed by atoms with van der Waals surface area (Å²) in [5.74, 6) is -1.94.